The molecule has 1 aromatic carbocycles. The normalized spacial score (nSPS) is 10.6. The van der Waals surface area contributed by atoms with Crippen molar-refractivity contribution < 1.29 is 4.39 Å². The predicted molar refractivity (Wildman–Crippen MR) is 70.8 cm³/mol. The molecule has 0 aliphatic carbocycles. The summed E-state index contributed by atoms with van der Waals surface area (Å²) in [6.07, 6.45) is 1.63. The van der Waals surface area contributed by atoms with E-state index in [1.54, 1.807) is 34.9 Å². The summed E-state index contributed by atoms with van der Waals surface area (Å²) >= 11 is 3.20. The second-order valence-electron chi connectivity index (χ2n) is 3.88. The molecule has 0 atom stereocenters. The van der Waals surface area contributed by atoms with Crippen molar-refractivity contribution in [1.29, 1.82) is 5.26 Å². The average Bonchev–Trinajstić information content (AvgIpc) is 2.84. The molecular weight excluding hydrogens is 311 g/mol. The van der Waals surface area contributed by atoms with E-state index in [2.05, 4.69) is 32.2 Å². The predicted octanol–water partition coefficient (Wildman–Crippen LogP) is 3.17. The number of nitrogens with zero attached hydrogens (tertiary/aromatic N) is 4. The summed E-state index contributed by atoms with van der Waals surface area (Å²) in [4.78, 5) is 0. The molecule has 2 aromatic heterocycles. The van der Waals surface area contributed by atoms with Crippen LogP contribution in [0, 0.1) is 17.1 Å². The summed E-state index contributed by atoms with van der Waals surface area (Å²) in [6.45, 7) is 0. The molecule has 0 saturated carbocycles. The third-order valence-corrected chi connectivity index (χ3v) is 3.53. The van der Waals surface area contributed by atoms with Gasteiger partial charge in [0.15, 0.2) is 11.5 Å². The van der Waals surface area contributed by atoms with Crippen molar-refractivity contribution in [1.82, 2.24) is 14.6 Å². The number of aromatic nitrogens is 3. The van der Waals surface area contributed by atoms with Gasteiger partial charge in [-0.2, -0.15) is 5.26 Å². The molecule has 2 heterocycles. The fraction of sp³-hybridized carbons (Fsp3) is 0. The molecule has 0 bridgehead atoms. The van der Waals surface area contributed by atoms with E-state index >= 15 is 0 Å². The van der Waals surface area contributed by atoms with Crippen molar-refractivity contribution in [3.63, 3.8) is 0 Å². The molecule has 19 heavy (non-hydrogen) atoms. The Bertz CT molecular complexity index is 819. The van der Waals surface area contributed by atoms with Crippen LogP contribution in [0.2, 0.25) is 0 Å². The third-order valence-electron chi connectivity index (χ3n) is 2.72. The van der Waals surface area contributed by atoms with Gasteiger partial charge in [-0.15, -0.1) is 10.2 Å². The smallest absolute Gasteiger partial charge is 0.169 e. The van der Waals surface area contributed by atoms with E-state index in [4.69, 9.17) is 5.26 Å². The van der Waals surface area contributed by atoms with Crippen LogP contribution in [0.5, 0.6) is 0 Å². The largest absolute Gasteiger partial charge is 0.281 e. The van der Waals surface area contributed by atoms with Gasteiger partial charge in [0.25, 0.3) is 0 Å². The molecule has 92 valence electrons. The van der Waals surface area contributed by atoms with Crippen LogP contribution < -0.4 is 0 Å². The van der Waals surface area contributed by atoms with Crippen molar-refractivity contribution in [3.05, 3.63) is 52.4 Å². The maximum absolute atomic E-state index is 13.6. The number of benzene rings is 1. The van der Waals surface area contributed by atoms with E-state index in [-0.39, 0.29) is 5.82 Å². The number of nitriles is 1. The van der Waals surface area contributed by atoms with Gasteiger partial charge in [-0.1, -0.05) is 6.07 Å². The van der Waals surface area contributed by atoms with Gasteiger partial charge in [0.1, 0.15) is 11.9 Å². The SMILES string of the molecule is N#Cc1ccc2nnc(-c3cccc(F)c3Br)n2c1. The molecule has 0 spiro atoms. The summed E-state index contributed by atoms with van der Waals surface area (Å²) in [5, 5.41) is 17.0. The van der Waals surface area contributed by atoms with E-state index in [0.29, 0.717) is 27.1 Å². The lowest BCUT2D eigenvalue weighted by Gasteiger charge is -2.03. The molecule has 3 rings (SSSR count). The number of hydrogen-bond donors (Lipinski definition) is 0. The zero-order chi connectivity index (χ0) is 13.4. The first kappa shape index (κ1) is 11.8. The Kier molecular flexibility index (Phi) is 2.76. The van der Waals surface area contributed by atoms with Crippen LogP contribution >= 0.6 is 15.9 Å². The third kappa shape index (κ3) is 1.88. The van der Waals surface area contributed by atoms with Crippen LogP contribution in [0.1, 0.15) is 5.56 Å². The van der Waals surface area contributed by atoms with Crippen LogP contribution in [-0.4, -0.2) is 14.6 Å². The molecule has 0 aliphatic heterocycles. The first-order chi connectivity index (χ1) is 9.20. The monoisotopic (exact) mass is 316 g/mol. The lowest BCUT2D eigenvalue weighted by molar-refractivity contribution is 0.621. The Morgan fingerprint density at radius 1 is 1.21 bits per heavy atom. The van der Waals surface area contributed by atoms with E-state index in [1.807, 2.05) is 0 Å². The first-order valence-corrected chi connectivity index (χ1v) is 6.19. The molecule has 6 heteroatoms. The molecule has 0 amide bonds. The van der Waals surface area contributed by atoms with Crippen molar-refractivity contribution in [2.24, 2.45) is 0 Å². The fourth-order valence-corrected chi connectivity index (χ4v) is 2.26. The van der Waals surface area contributed by atoms with Crippen molar-refractivity contribution in [2.75, 3.05) is 0 Å². The highest BCUT2D eigenvalue weighted by atomic mass is 79.9. The van der Waals surface area contributed by atoms with Gasteiger partial charge in [-0.25, -0.2) is 4.39 Å². The lowest BCUT2D eigenvalue weighted by Crippen LogP contribution is -1.92. The van der Waals surface area contributed by atoms with Crippen molar-refractivity contribution >= 4 is 21.6 Å². The molecular formula is C13H6BrFN4. The maximum atomic E-state index is 13.6. The van der Waals surface area contributed by atoms with Crippen molar-refractivity contribution in [3.8, 4) is 17.5 Å². The Morgan fingerprint density at radius 2 is 2.05 bits per heavy atom. The molecule has 0 radical (unpaired) electrons. The second kappa shape index (κ2) is 4.44. The molecule has 0 unspecified atom stereocenters. The average molecular weight is 317 g/mol. The summed E-state index contributed by atoms with van der Waals surface area (Å²) in [5.41, 5.74) is 1.67. The number of hydrogen-bond acceptors (Lipinski definition) is 3. The number of halogens is 2. The molecule has 3 aromatic rings. The lowest BCUT2D eigenvalue weighted by atomic mass is 10.2. The van der Waals surface area contributed by atoms with Gasteiger partial charge in [0.2, 0.25) is 0 Å². The summed E-state index contributed by atoms with van der Waals surface area (Å²) in [7, 11) is 0. The van der Waals surface area contributed by atoms with Crippen LogP contribution in [0.4, 0.5) is 4.39 Å². The van der Waals surface area contributed by atoms with Crippen LogP contribution in [0.3, 0.4) is 0 Å². The summed E-state index contributed by atoms with van der Waals surface area (Å²) in [6, 6.07) is 10.1. The van der Waals surface area contributed by atoms with Crippen molar-refractivity contribution in [2.45, 2.75) is 0 Å². The van der Waals surface area contributed by atoms with E-state index in [1.165, 1.54) is 6.07 Å². The van der Waals surface area contributed by atoms with E-state index in [0.717, 1.165) is 0 Å². The highest BCUT2D eigenvalue weighted by Crippen LogP contribution is 2.29. The zero-order valence-electron chi connectivity index (χ0n) is 9.51. The molecule has 4 nitrogen and oxygen atoms in total. The summed E-state index contributed by atoms with van der Waals surface area (Å²) in [5.74, 6) is 0.115. The maximum Gasteiger partial charge on any atom is 0.169 e. The number of pyridine rings is 1. The minimum atomic E-state index is -0.370. The molecule has 0 N–H and O–H groups in total. The molecule has 0 fully saturated rings. The second-order valence-corrected chi connectivity index (χ2v) is 4.68. The van der Waals surface area contributed by atoms with Gasteiger partial charge in [0.05, 0.1) is 10.0 Å². The highest BCUT2D eigenvalue weighted by molar-refractivity contribution is 9.10. The van der Waals surface area contributed by atoms with E-state index < -0.39 is 0 Å². The standard InChI is InChI=1S/C13H6BrFN4/c14-12-9(2-1-3-10(12)15)13-18-17-11-5-4-8(6-16)7-19(11)13/h1-5,7H. The quantitative estimate of drug-likeness (QED) is 0.693. The van der Waals surface area contributed by atoms with Gasteiger partial charge in [-0.05, 0) is 40.2 Å². The minimum absolute atomic E-state index is 0.326. The Balaban J connectivity index is 2.31. The Morgan fingerprint density at radius 3 is 2.84 bits per heavy atom. The zero-order valence-corrected chi connectivity index (χ0v) is 11.1. The Hall–Kier alpha value is -2.26. The van der Waals surface area contributed by atoms with Gasteiger partial charge < -0.3 is 0 Å². The fourth-order valence-electron chi connectivity index (χ4n) is 1.82. The van der Waals surface area contributed by atoms with E-state index in [9.17, 15) is 4.39 Å². The molecule has 0 aliphatic rings. The van der Waals surface area contributed by atoms with Crippen LogP contribution in [0.15, 0.2) is 41.0 Å². The molecule has 0 saturated heterocycles. The van der Waals surface area contributed by atoms with Crippen LogP contribution in [0.25, 0.3) is 17.0 Å². The van der Waals surface area contributed by atoms with Gasteiger partial charge in [-0.3, -0.25) is 4.40 Å². The van der Waals surface area contributed by atoms with Gasteiger partial charge >= 0.3 is 0 Å². The first-order valence-electron chi connectivity index (χ1n) is 5.40. The topological polar surface area (TPSA) is 54.0 Å². The highest BCUT2D eigenvalue weighted by Gasteiger charge is 2.13. The minimum Gasteiger partial charge on any atom is -0.281 e. The Labute approximate surface area is 116 Å². The number of fused-ring (bicyclic) bond motifs is 1. The van der Waals surface area contributed by atoms with Gasteiger partial charge in [0, 0.05) is 11.8 Å². The number of rotatable bonds is 1. The van der Waals surface area contributed by atoms with Crippen LogP contribution in [-0.2, 0) is 0 Å². The summed E-state index contributed by atoms with van der Waals surface area (Å²) < 4.78 is 15.6.